The van der Waals surface area contributed by atoms with E-state index in [-0.39, 0.29) is 17.9 Å². The number of nitrogens with one attached hydrogen (secondary N) is 2. The molecule has 1 unspecified atom stereocenters. The summed E-state index contributed by atoms with van der Waals surface area (Å²) in [6.07, 6.45) is 8.86. The Labute approximate surface area is 156 Å². The minimum Gasteiger partial charge on any atom is -0.469 e. The average Bonchev–Trinajstić information content (AvgIpc) is 3.15. The number of aliphatic imine (C=N–C) groups is 1. The summed E-state index contributed by atoms with van der Waals surface area (Å²) in [5.41, 5.74) is 0. The molecule has 1 amide bonds. The van der Waals surface area contributed by atoms with E-state index in [1.807, 2.05) is 4.90 Å². The van der Waals surface area contributed by atoms with Crippen LogP contribution in [0.5, 0.6) is 0 Å². The van der Waals surface area contributed by atoms with Gasteiger partial charge in [-0.15, -0.1) is 0 Å². The maximum atomic E-state index is 12.6. The first-order chi connectivity index (χ1) is 12.6. The Bertz CT molecular complexity index is 489. The Hall–Kier alpha value is -1.79. The van der Waals surface area contributed by atoms with Crippen LogP contribution in [-0.4, -0.2) is 62.6 Å². The van der Waals surface area contributed by atoms with Crippen molar-refractivity contribution in [3.63, 3.8) is 0 Å². The normalized spacial score (nSPS) is 21.5. The molecule has 0 spiro atoms. The summed E-state index contributed by atoms with van der Waals surface area (Å²) >= 11 is 0. The molecule has 7 heteroatoms. The number of esters is 1. The summed E-state index contributed by atoms with van der Waals surface area (Å²) in [5.74, 6) is 1.19. The van der Waals surface area contributed by atoms with Gasteiger partial charge in [0.05, 0.1) is 7.11 Å². The molecule has 0 bridgehead atoms. The quantitative estimate of drug-likeness (QED) is 0.310. The van der Waals surface area contributed by atoms with Gasteiger partial charge in [-0.25, -0.2) is 0 Å². The van der Waals surface area contributed by atoms with Crippen molar-refractivity contribution in [2.75, 3.05) is 33.8 Å². The van der Waals surface area contributed by atoms with E-state index in [9.17, 15) is 9.59 Å². The molecule has 0 radical (unpaired) electrons. The third-order valence-electron chi connectivity index (χ3n) is 5.35. The second-order valence-electron chi connectivity index (χ2n) is 7.28. The molecular formula is C19H34N4O3. The molecule has 1 atom stereocenters. The van der Waals surface area contributed by atoms with E-state index < -0.39 is 0 Å². The van der Waals surface area contributed by atoms with Gasteiger partial charge in [0, 0.05) is 45.1 Å². The maximum absolute atomic E-state index is 12.6. The van der Waals surface area contributed by atoms with Gasteiger partial charge in [-0.3, -0.25) is 14.6 Å². The first-order valence-corrected chi connectivity index (χ1v) is 9.96. The van der Waals surface area contributed by atoms with E-state index in [0.717, 1.165) is 57.7 Å². The highest BCUT2D eigenvalue weighted by Gasteiger charge is 2.31. The molecule has 2 aliphatic rings. The number of likely N-dealkylation sites (tertiary alicyclic amines) is 1. The molecule has 1 saturated carbocycles. The van der Waals surface area contributed by atoms with Crippen LogP contribution in [0.3, 0.4) is 0 Å². The first-order valence-electron chi connectivity index (χ1n) is 9.96. The molecule has 2 N–H and O–H groups in total. The summed E-state index contributed by atoms with van der Waals surface area (Å²) in [7, 11) is 3.17. The number of carbonyl (C=O) groups excluding carboxylic acids is 2. The highest BCUT2D eigenvalue weighted by atomic mass is 16.5. The van der Waals surface area contributed by atoms with Crippen LogP contribution in [0, 0.1) is 5.92 Å². The van der Waals surface area contributed by atoms with E-state index in [1.165, 1.54) is 26.4 Å². The second kappa shape index (κ2) is 11.0. The van der Waals surface area contributed by atoms with Crippen molar-refractivity contribution in [3.05, 3.63) is 0 Å². The van der Waals surface area contributed by atoms with Crippen molar-refractivity contribution in [1.29, 1.82) is 0 Å². The van der Waals surface area contributed by atoms with E-state index >= 15 is 0 Å². The van der Waals surface area contributed by atoms with Gasteiger partial charge in [0.1, 0.15) is 0 Å². The number of hydrogen-bond donors (Lipinski definition) is 2. The third kappa shape index (κ3) is 6.50. The fraction of sp³-hybridized carbons (Fsp3) is 0.842. The number of carbonyl (C=O) groups is 2. The number of nitrogens with zero attached hydrogens (tertiary/aromatic N) is 2. The predicted molar refractivity (Wildman–Crippen MR) is 102 cm³/mol. The second-order valence-corrected chi connectivity index (χ2v) is 7.28. The van der Waals surface area contributed by atoms with Crippen molar-refractivity contribution in [1.82, 2.24) is 15.5 Å². The van der Waals surface area contributed by atoms with Crippen molar-refractivity contribution in [3.8, 4) is 0 Å². The van der Waals surface area contributed by atoms with Crippen LogP contribution in [0.4, 0.5) is 0 Å². The van der Waals surface area contributed by atoms with Crippen LogP contribution in [-0.2, 0) is 14.3 Å². The van der Waals surface area contributed by atoms with Crippen molar-refractivity contribution in [2.45, 2.75) is 63.8 Å². The van der Waals surface area contributed by atoms with Gasteiger partial charge in [0.25, 0.3) is 0 Å². The van der Waals surface area contributed by atoms with Crippen molar-refractivity contribution >= 4 is 17.8 Å². The van der Waals surface area contributed by atoms with Gasteiger partial charge in [-0.05, 0) is 32.1 Å². The molecule has 1 aliphatic heterocycles. The molecule has 1 saturated heterocycles. The number of amides is 1. The summed E-state index contributed by atoms with van der Waals surface area (Å²) in [6.45, 7) is 2.36. The highest BCUT2D eigenvalue weighted by molar-refractivity contribution is 5.81. The topological polar surface area (TPSA) is 83.0 Å². The lowest BCUT2D eigenvalue weighted by Gasteiger charge is -2.26. The number of ether oxygens (including phenoxy) is 1. The van der Waals surface area contributed by atoms with Gasteiger partial charge in [-0.1, -0.05) is 19.3 Å². The molecule has 1 heterocycles. The zero-order valence-corrected chi connectivity index (χ0v) is 16.3. The fourth-order valence-electron chi connectivity index (χ4n) is 3.78. The van der Waals surface area contributed by atoms with Gasteiger partial charge in [0.2, 0.25) is 5.91 Å². The number of rotatable bonds is 7. The van der Waals surface area contributed by atoms with Gasteiger partial charge >= 0.3 is 5.97 Å². The fourth-order valence-corrected chi connectivity index (χ4v) is 3.78. The molecule has 2 fully saturated rings. The number of methoxy groups -OCH3 is 1. The SMILES string of the molecule is CN=C(NCCCCC(=O)OC)NC1CCN(C(=O)C2CCCCC2)C1. The van der Waals surface area contributed by atoms with Crippen LogP contribution in [0.25, 0.3) is 0 Å². The third-order valence-corrected chi connectivity index (χ3v) is 5.35. The minimum atomic E-state index is -0.166. The predicted octanol–water partition coefficient (Wildman–Crippen LogP) is 1.68. The highest BCUT2D eigenvalue weighted by Crippen LogP contribution is 2.26. The van der Waals surface area contributed by atoms with E-state index in [0.29, 0.717) is 12.3 Å². The Morgan fingerprint density at radius 2 is 1.92 bits per heavy atom. The Balaban J connectivity index is 1.65. The Morgan fingerprint density at radius 1 is 1.15 bits per heavy atom. The molecule has 0 aromatic carbocycles. The Morgan fingerprint density at radius 3 is 2.62 bits per heavy atom. The molecule has 7 nitrogen and oxygen atoms in total. The maximum Gasteiger partial charge on any atom is 0.305 e. The molecule has 2 rings (SSSR count). The van der Waals surface area contributed by atoms with Crippen LogP contribution >= 0.6 is 0 Å². The van der Waals surface area contributed by atoms with Gasteiger partial charge in [0.15, 0.2) is 5.96 Å². The summed E-state index contributed by atoms with van der Waals surface area (Å²) in [4.78, 5) is 30.0. The smallest absolute Gasteiger partial charge is 0.305 e. The van der Waals surface area contributed by atoms with Crippen LogP contribution in [0.15, 0.2) is 4.99 Å². The van der Waals surface area contributed by atoms with E-state index in [2.05, 4.69) is 20.4 Å². The minimum absolute atomic E-state index is 0.166. The van der Waals surface area contributed by atoms with E-state index in [4.69, 9.17) is 0 Å². The number of unbranched alkanes of at least 4 members (excludes halogenated alkanes) is 1. The van der Waals surface area contributed by atoms with Gasteiger partial charge < -0.3 is 20.3 Å². The number of guanidine groups is 1. The molecule has 0 aromatic heterocycles. The molecular weight excluding hydrogens is 332 g/mol. The van der Waals surface area contributed by atoms with Crippen LogP contribution in [0.2, 0.25) is 0 Å². The van der Waals surface area contributed by atoms with Crippen LogP contribution < -0.4 is 10.6 Å². The van der Waals surface area contributed by atoms with Crippen molar-refractivity contribution < 1.29 is 14.3 Å². The summed E-state index contributed by atoms with van der Waals surface area (Å²) in [6, 6.07) is 0.254. The average molecular weight is 367 g/mol. The van der Waals surface area contributed by atoms with Gasteiger partial charge in [-0.2, -0.15) is 0 Å². The molecule has 26 heavy (non-hydrogen) atoms. The number of hydrogen-bond acceptors (Lipinski definition) is 4. The molecule has 0 aromatic rings. The first kappa shape index (κ1) is 20.5. The lowest BCUT2D eigenvalue weighted by molar-refractivity contribution is -0.140. The molecule has 1 aliphatic carbocycles. The summed E-state index contributed by atoms with van der Waals surface area (Å²) < 4.78 is 4.63. The lowest BCUT2D eigenvalue weighted by atomic mass is 9.88. The van der Waals surface area contributed by atoms with E-state index in [1.54, 1.807) is 7.05 Å². The Kier molecular flexibility index (Phi) is 8.71. The van der Waals surface area contributed by atoms with Crippen molar-refractivity contribution in [2.24, 2.45) is 10.9 Å². The zero-order valence-electron chi connectivity index (χ0n) is 16.3. The monoisotopic (exact) mass is 366 g/mol. The molecule has 148 valence electrons. The van der Waals surface area contributed by atoms with Crippen LogP contribution in [0.1, 0.15) is 57.8 Å². The standard InChI is InChI=1S/C19H34N4O3/c1-20-19(21-12-7-6-10-17(24)26-2)22-16-11-13-23(14-16)18(25)15-8-4-3-5-9-15/h15-16H,3-14H2,1-2H3,(H2,20,21,22). The lowest BCUT2D eigenvalue weighted by Crippen LogP contribution is -2.45. The largest absolute Gasteiger partial charge is 0.469 e. The zero-order chi connectivity index (χ0) is 18.8. The summed E-state index contributed by atoms with van der Waals surface area (Å²) in [5, 5.41) is 6.70.